The zero-order valence-corrected chi connectivity index (χ0v) is 27.8. The van der Waals surface area contributed by atoms with Crippen molar-refractivity contribution >= 4 is 38.8 Å². The molecule has 0 N–H and O–H groups in total. The number of furan rings is 1. The Morgan fingerprint density at radius 1 is 0.471 bits per heavy atom. The largest absolute Gasteiger partial charge is 0.456 e. The van der Waals surface area contributed by atoms with E-state index in [9.17, 15) is 0 Å². The molecule has 7 aromatic carbocycles. The molecule has 4 heteroatoms. The maximum Gasteiger partial charge on any atom is 0.165 e. The molecule has 240 valence electrons. The molecule has 0 fully saturated rings. The normalized spacial score (nSPS) is 12.5. The van der Waals surface area contributed by atoms with E-state index >= 15 is 0 Å². The lowest BCUT2D eigenvalue weighted by molar-refractivity contribution is 0.669. The van der Waals surface area contributed by atoms with Crippen LogP contribution in [0.2, 0.25) is 0 Å². The van der Waals surface area contributed by atoms with Gasteiger partial charge in [0.2, 0.25) is 0 Å². The van der Waals surface area contributed by atoms with Crippen molar-refractivity contribution in [1.29, 1.82) is 0 Å². The molecular weight excluding hydrogens is 623 g/mol. The summed E-state index contributed by atoms with van der Waals surface area (Å²) in [5.41, 5.74) is 11.6. The van der Waals surface area contributed by atoms with E-state index in [-0.39, 0.29) is 0 Å². The number of fused-ring (bicyclic) bond motifs is 5. The van der Waals surface area contributed by atoms with Crippen LogP contribution >= 0.6 is 0 Å². The Bertz CT molecular complexity index is 2800. The van der Waals surface area contributed by atoms with Crippen molar-refractivity contribution in [2.45, 2.75) is 12.8 Å². The predicted molar refractivity (Wildman–Crippen MR) is 209 cm³/mol. The van der Waals surface area contributed by atoms with Crippen LogP contribution in [-0.4, -0.2) is 15.0 Å². The van der Waals surface area contributed by atoms with E-state index in [4.69, 9.17) is 19.4 Å². The lowest BCUT2D eigenvalue weighted by atomic mass is 9.86. The van der Waals surface area contributed by atoms with Crippen LogP contribution in [0.3, 0.4) is 0 Å². The fourth-order valence-electron chi connectivity index (χ4n) is 7.60. The van der Waals surface area contributed by atoms with Gasteiger partial charge in [-0.3, -0.25) is 0 Å². The summed E-state index contributed by atoms with van der Waals surface area (Å²) in [7, 11) is 0. The summed E-state index contributed by atoms with van der Waals surface area (Å²) in [6, 6.07) is 52.8. The van der Waals surface area contributed by atoms with Gasteiger partial charge in [-0.1, -0.05) is 140 Å². The third kappa shape index (κ3) is 5.03. The number of benzene rings is 7. The molecule has 0 radical (unpaired) electrons. The highest BCUT2D eigenvalue weighted by Crippen LogP contribution is 2.44. The first-order valence-electron chi connectivity index (χ1n) is 17.4. The van der Waals surface area contributed by atoms with E-state index in [0.29, 0.717) is 17.5 Å². The van der Waals surface area contributed by atoms with Crippen LogP contribution in [0.25, 0.3) is 95.2 Å². The second-order valence-corrected chi connectivity index (χ2v) is 13.1. The van der Waals surface area contributed by atoms with Crippen LogP contribution in [0.4, 0.5) is 0 Å². The summed E-state index contributed by atoms with van der Waals surface area (Å²) in [5.74, 6) is 1.92. The molecule has 9 aromatic rings. The quantitative estimate of drug-likeness (QED) is 0.185. The number of hydrogen-bond donors (Lipinski definition) is 0. The van der Waals surface area contributed by atoms with Crippen LogP contribution in [0.5, 0.6) is 0 Å². The molecule has 0 saturated heterocycles. The van der Waals surface area contributed by atoms with Gasteiger partial charge in [0.1, 0.15) is 11.2 Å². The molecule has 0 spiro atoms. The molecule has 10 rings (SSSR count). The highest BCUT2D eigenvalue weighted by molar-refractivity contribution is 6.15. The molecule has 51 heavy (non-hydrogen) atoms. The Morgan fingerprint density at radius 2 is 1.16 bits per heavy atom. The van der Waals surface area contributed by atoms with Crippen molar-refractivity contribution in [1.82, 2.24) is 15.0 Å². The zero-order valence-electron chi connectivity index (χ0n) is 27.8. The van der Waals surface area contributed by atoms with Crippen molar-refractivity contribution in [2.24, 2.45) is 0 Å². The van der Waals surface area contributed by atoms with Crippen LogP contribution in [0.1, 0.15) is 17.5 Å². The monoisotopic (exact) mass is 653 g/mol. The highest BCUT2D eigenvalue weighted by atomic mass is 16.3. The molecule has 1 aliphatic carbocycles. The average molecular weight is 654 g/mol. The van der Waals surface area contributed by atoms with E-state index in [2.05, 4.69) is 133 Å². The van der Waals surface area contributed by atoms with Crippen LogP contribution < -0.4 is 0 Å². The second kappa shape index (κ2) is 12.0. The fourth-order valence-corrected chi connectivity index (χ4v) is 7.60. The van der Waals surface area contributed by atoms with Crippen molar-refractivity contribution in [2.75, 3.05) is 0 Å². The maximum absolute atomic E-state index is 6.46. The van der Waals surface area contributed by atoms with Gasteiger partial charge >= 0.3 is 0 Å². The van der Waals surface area contributed by atoms with E-state index in [0.717, 1.165) is 62.6 Å². The SMILES string of the molecule is C1=Cc2c(-c3ccccc3)ccc(-c3nc(-c4ccccc4)nc(-c4c(-c5ccc6ccccc6c5)ccc5oc6ccccc6c45)n3)c2CC1. The number of nitrogens with zero attached hydrogens (tertiary/aromatic N) is 3. The van der Waals surface area contributed by atoms with Gasteiger partial charge in [-0.05, 0) is 81.3 Å². The Morgan fingerprint density at radius 3 is 2.02 bits per heavy atom. The summed E-state index contributed by atoms with van der Waals surface area (Å²) < 4.78 is 6.46. The molecule has 0 amide bonds. The van der Waals surface area contributed by atoms with Gasteiger partial charge in [-0.2, -0.15) is 0 Å². The molecule has 0 saturated carbocycles. The van der Waals surface area contributed by atoms with Crippen LogP contribution in [-0.2, 0) is 6.42 Å². The van der Waals surface area contributed by atoms with E-state index in [1.54, 1.807) is 0 Å². The molecule has 0 unspecified atom stereocenters. The van der Waals surface area contributed by atoms with Gasteiger partial charge in [-0.25, -0.2) is 15.0 Å². The van der Waals surface area contributed by atoms with Gasteiger partial charge in [0, 0.05) is 27.5 Å². The van der Waals surface area contributed by atoms with E-state index in [1.165, 1.54) is 33.0 Å². The Labute approximate surface area is 295 Å². The van der Waals surface area contributed by atoms with E-state index in [1.807, 2.05) is 30.3 Å². The minimum Gasteiger partial charge on any atom is -0.456 e. The zero-order chi connectivity index (χ0) is 33.7. The van der Waals surface area contributed by atoms with Crippen LogP contribution in [0, 0.1) is 0 Å². The smallest absolute Gasteiger partial charge is 0.165 e. The van der Waals surface area contributed by atoms with E-state index < -0.39 is 0 Å². The summed E-state index contributed by atoms with van der Waals surface area (Å²) >= 11 is 0. The third-order valence-corrected chi connectivity index (χ3v) is 10.0. The molecule has 2 aromatic heterocycles. The van der Waals surface area contributed by atoms with Crippen molar-refractivity contribution in [3.8, 4) is 56.4 Å². The predicted octanol–water partition coefficient (Wildman–Crippen LogP) is 12.2. The molecule has 0 aliphatic heterocycles. The van der Waals surface area contributed by atoms with Crippen molar-refractivity contribution < 1.29 is 4.42 Å². The summed E-state index contributed by atoms with van der Waals surface area (Å²) in [5, 5.41) is 4.40. The molecular formula is C47H31N3O. The first-order valence-corrected chi connectivity index (χ1v) is 17.4. The fraction of sp³-hybridized carbons (Fsp3) is 0.0426. The lowest BCUT2D eigenvalue weighted by Gasteiger charge is -2.20. The van der Waals surface area contributed by atoms with Gasteiger partial charge in [-0.15, -0.1) is 0 Å². The number of para-hydroxylation sites is 1. The van der Waals surface area contributed by atoms with Gasteiger partial charge in [0.25, 0.3) is 0 Å². The lowest BCUT2D eigenvalue weighted by Crippen LogP contribution is -2.05. The third-order valence-electron chi connectivity index (χ3n) is 10.0. The highest BCUT2D eigenvalue weighted by Gasteiger charge is 2.24. The van der Waals surface area contributed by atoms with Crippen molar-refractivity contribution in [3.63, 3.8) is 0 Å². The molecule has 4 nitrogen and oxygen atoms in total. The van der Waals surface area contributed by atoms with Crippen molar-refractivity contribution in [3.05, 3.63) is 169 Å². The standard InChI is InChI=1S/C47H31N3O/c1-3-14-31(15-4-1)35-25-26-39(38-20-10-9-19-37(35)38)46-48-45(32-16-5-2-6-17-32)49-47(50-46)44-36(34-24-23-30-13-7-8-18-33(30)29-34)27-28-42-43(44)40-21-11-12-22-41(40)51-42/h1-9,11-19,21-29H,10,20H2. The summed E-state index contributed by atoms with van der Waals surface area (Å²) in [6.07, 6.45) is 6.41. The average Bonchev–Trinajstić information content (AvgIpc) is 3.59. The topological polar surface area (TPSA) is 51.8 Å². The van der Waals surface area contributed by atoms with Gasteiger partial charge in [0.15, 0.2) is 17.5 Å². The maximum atomic E-state index is 6.46. The molecule has 0 atom stereocenters. The Kier molecular flexibility index (Phi) is 6.91. The number of hydrogen-bond acceptors (Lipinski definition) is 4. The molecule has 2 heterocycles. The molecule has 1 aliphatic rings. The summed E-state index contributed by atoms with van der Waals surface area (Å²) in [4.78, 5) is 15.9. The number of rotatable bonds is 5. The van der Waals surface area contributed by atoms with Gasteiger partial charge in [0.05, 0.1) is 0 Å². The minimum atomic E-state index is 0.617. The summed E-state index contributed by atoms with van der Waals surface area (Å²) in [6.45, 7) is 0. The first-order chi connectivity index (χ1) is 25.3. The van der Waals surface area contributed by atoms with Crippen LogP contribution in [0.15, 0.2) is 162 Å². The first kappa shape index (κ1) is 29.3. The minimum absolute atomic E-state index is 0.617. The molecule has 0 bridgehead atoms. The number of allylic oxidation sites excluding steroid dienone is 1. The number of aromatic nitrogens is 3. The van der Waals surface area contributed by atoms with Gasteiger partial charge < -0.3 is 4.42 Å². The Hall–Kier alpha value is -6.65. The second-order valence-electron chi connectivity index (χ2n) is 13.1. The Balaban J connectivity index is 1.28.